The average Bonchev–Trinajstić information content (AvgIpc) is 2.77. The van der Waals surface area contributed by atoms with Crippen LogP contribution < -0.4 is 15.4 Å². The Hall–Kier alpha value is -3.48. The van der Waals surface area contributed by atoms with Crippen LogP contribution in [0.15, 0.2) is 48.7 Å². The first kappa shape index (κ1) is 16.0. The minimum absolute atomic E-state index is 0.113. The van der Waals surface area contributed by atoms with Crippen molar-refractivity contribution < 1.29 is 13.9 Å². The Labute approximate surface area is 149 Å². The molecule has 2 heterocycles. The van der Waals surface area contributed by atoms with E-state index in [1.165, 1.54) is 19.2 Å². The van der Waals surface area contributed by atoms with Crippen molar-refractivity contribution in [2.24, 2.45) is 0 Å². The number of anilines is 3. The summed E-state index contributed by atoms with van der Waals surface area (Å²) in [6.45, 7) is 0. The Balaban J connectivity index is 1.73. The van der Waals surface area contributed by atoms with E-state index in [1.807, 2.05) is 24.3 Å². The number of benzene rings is 2. The van der Waals surface area contributed by atoms with Crippen LogP contribution in [0.25, 0.3) is 11.3 Å². The molecule has 0 saturated heterocycles. The third kappa shape index (κ3) is 2.95. The van der Waals surface area contributed by atoms with Gasteiger partial charge in [0.25, 0.3) is 0 Å². The second-order valence-corrected chi connectivity index (χ2v) is 5.81. The van der Waals surface area contributed by atoms with Crippen molar-refractivity contribution >= 4 is 23.2 Å². The van der Waals surface area contributed by atoms with Gasteiger partial charge in [0.2, 0.25) is 11.9 Å². The minimum Gasteiger partial charge on any atom is -0.494 e. The van der Waals surface area contributed by atoms with Crippen molar-refractivity contribution in [3.05, 3.63) is 60.0 Å². The van der Waals surface area contributed by atoms with Crippen molar-refractivity contribution in [2.75, 3.05) is 17.7 Å². The van der Waals surface area contributed by atoms with Gasteiger partial charge in [-0.15, -0.1) is 0 Å². The van der Waals surface area contributed by atoms with Gasteiger partial charge in [-0.05, 0) is 18.2 Å². The molecular weight excluding hydrogens is 335 g/mol. The first-order valence-corrected chi connectivity index (χ1v) is 8.00. The van der Waals surface area contributed by atoms with Gasteiger partial charge in [0.1, 0.15) is 0 Å². The van der Waals surface area contributed by atoms with Gasteiger partial charge in [0.05, 0.1) is 24.9 Å². The summed E-state index contributed by atoms with van der Waals surface area (Å²) in [5, 5.41) is 5.85. The quantitative estimate of drug-likeness (QED) is 0.756. The van der Waals surface area contributed by atoms with E-state index in [0.717, 1.165) is 11.1 Å². The molecule has 1 aliphatic rings. The number of methoxy groups -OCH3 is 1. The van der Waals surface area contributed by atoms with E-state index < -0.39 is 5.82 Å². The molecule has 1 aromatic heterocycles. The molecule has 2 aromatic carbocycles. The first-order valence-electron chi connectivity index (χ1n) is 8.00. The number of para-hydroxylation sites is 1. The average molecular weight is 350 g/mol. The Morgan fingerprint density at radius 1 is 1.23 bits per heavy atom. The highest BCUT2D eigenvalue weighted by Crippen LogP contribution is 2.33. The molecular formula is C19H15FN4O2. The Morgan fingerprint density at radius 2 is 2.08 bits per heavy atom. The number of fused-ring (bicyclic) bond motifs is 3. The van der Waals surface area contributed by atoms with Crippen LogP contribution in [0.5, 0.6) is 5.75 Å². The molecule has 0 fully saturated rings. The highest BCUT2D eigenvalue weighted by atomic mass is 19.1. The lowest BCUT2D eigenvalue weighted by atomic mass is 10.1. The van der Waals surface area contributed by atoms with Gasteiger partial charge in [0.15, 0.2) is 11.6 Å². The summed E-state index contributed by atoms with van der Waals surface area (Å²) in [4.78, 5) is 20.8. The maximum Gasteiger partial charge on any atom is 0.228 e. The molecule has 1 amide bonds. The normalized spacial score (nSPS) is 12.5. The second-order valence-electron chi connectivity index (χ2n) is 5.81. The van der Waals surface area contributed by atoms with Crippen molar-refractivity contribution in [3.8, 4) is 17.0 Å². The van der Waals surface area contributed by atoms with Gasteiger partial charge >= 0.3 is 0 Å². The van der Waals surface area contributed by atoms with Crippen molar-refractivity contribution in [2.45, 2.75) is 6.42 Å². The molecule has 4 rings (SSSR count). The summed E-state index contributed by atoms with van der Waals surface area (Å²) >= 11 is 0. The number of rotatable bonds is 3. The monoisotopic (exact) mass is 350 g/mol. The molecule has 0 bridgehead atoms. The molecule has 0 aliphatic carbocycles. The molecule has 130 valence electrons. The van der Waals surface area contributed by atoms with E-state index in [9.17, 15) is 9.18 Å². The zero-order chi connectivity index (χ0) is 18.1. The van der Waals surface area contributed by atoms with Gasteiger partial charge in [-0.2, -0.15) is 0 Å². The van der Waals surface area contributed by atoms with Gasteiger partial charge < -0.3 is 15.4 Å². The third-order valence-electron chi connectivity index (χ3n) is 4.08. The van der Waals surface area contributed by atoms with E-state index >= 15 is 0 Å². The van der Waals surface area contributed by atoms with Crippen LogP contribution in [0.4, 0.5) is 21.7 Å². The predicted octanol–water partition coefficient (Wildman–Crippen LogP) is 3.53. The largest absolute Gasteiger partial charge is 0.494 e. The fourth-order valence-corrected chi connectivity index (χ4v) is 2.87. The van der Waals surface area contributed by atoms with E-state index in [1.54, 1.807) is 12.3 Å². The van der Waals surface area contributed by atoms with Crippen molar-refractivity contribution in [1.82, 2.24) is 9.97 Å². The fraction of sp³-hybridized carbons (Fsp3) is 0.105. The fourth-order valence-electron chi connectivity index (χ4n) is 2.87. The maximum absolute atomic E-state index is 13.9. The SMILES string of the molecule is COc1ccc(Nc2ncc3c(n2)-c2ccccc2NC(=O)C3)cc1F. The number of carbonyl (C=O) groups is 1. The molecule has 26 heavy (non-hydrogen) atoms. The standard InChI is InChI=1S/C19H15FN4O2/c1-26-16-7-6-12(9-14(16)20)22-19-21-10-11-8-17(25)23-15-5-3-2-4-13(15)18(11)24-19/h2-7,9-10H,8H2,1H3,(H,23,25)(H,21,22,24). The number of aromatic nitrogens is 2. The van der Waals surface area contributed by atoms with Gasteiger partial charge in [-0.25, -0.2) is 14.4 Å². The zero-order valence-electron chi connectivity index (χ0n) is 13.9. The summed E-state index contributed by atoms with van der Waals surface area (Å²) in [5.41, 5.74) is 3.43. The van der Waals surface area contributed by atoms with Crippen LogP contribution in [0.3, 0.4) is 0 Å². The molecule has 1 aliphatic heterocycles. The number of carbonyl (C=O) groups excluding carboxylic acids is 1. The number of amides is 1. The molecule has 0 atom stereocenters. The zero-order valence-corrected chi connectivity index (χ0v) is 13.9. The third-order valence-corrected chi connectivity index (χ3v) is 4.08. The number of ether oxygens (including phenoxy) is 1. The van der Waals surface area contributed by atoms with Crippen LogP contribution in [0.1, 0.15) is 5.56 Å². The number of hydrogen-bond donors (Lipinski definition) is 2. The summed E-state index contributed by atoms with van der Waals surface area (Å²) in [5.74, 6) is -0.112. The Morgan fingerprint density at radius 3 is 2.88 bits per heavy atom. The predicted molar refractivity (Wildman–Crippen MR) is 96.0 cm³/mol. The van der Waals surface area contributed by atoms with Crippen LogP contribution in [-0.2, 0) is 11.2 Å². The lowest BCUT2D eigenvalue weighted by Crippen LogP contribution is -2.12. The van der Waals surface area contributed by atoms with Gasteiger partial charge in [-0.3, -0.25) is 4.79 Å². The van der Waals surface area contributed by atoms with Crippen molar-refractivity contribution in [3.63, 3.8) is 0 Å². The molecule has 0 radical (unpaired) electrons. The van der Waals surface area contributed by atoms with Gasteiger partial charge in [-0.1, -0.05) is 18.2 Å². The first-order chi connectivity index (χ1) is 12.6. The number of halogens is 1. The Kier molecular flexibility index (Phi) is 3.96. The molecule has 6 nitrogen and oxygen atoms in total. The van der Waals surface area contributed by atoms with Gasteiger partial charge in [0, 0.05) is 29.1 Å². The van der Waals surface area contributed by atoms with Crippen molar-refractivity contribution in [1.29, 1.82) is 0 Å². The minimum atomic E-state index is -0.479. The topological polar surface area (TPSA) is 76.1 Å². The summed E-state index contributed by atoms with van der Waals surface area (Å²) in [7, 11) is 1.41. The van der Waals surface area contributed by atoms with E-state index in [0.29, 0.717) is 23.0 Å². The molecule has 7 heteroatoms. The van der Waals surface area contributed by atoms with Crippen LogP contribution in [0.2, 0.25) is 0 Å². The van der Waals surface area contributed by atoms with E-state index in [2.05, 4.69) is 20.6 Å². The molecule has 0 spiro atoms. The molecule has 0 unspecified atom stereocenters. The van der Waals surface area contributed by atoms with E-state index in [-0.39, 0.29) is 18.1 Å². The summed E-state index contributed by atoms with van der Waals surface area (Å²) in [6, 6.07) is 12.0. The van der Waals surface area contributed by atoms with E-state index in [4.69, 9.17) is 4.74 Å². The molecule has 3 aromatic rings. The maximum atomic E-state index is 13.9. The second kappa shape index (κ2) is 6.44. The highest BCUT2D eigenvalue weighted by Gasteiger charge is 2.20. The molecule has 0 saturated carbocycles. The smallest absolute Gasteiger partial charge is 0.228 e. The number of nitrogens with one attached hydrogen (secondary N) is 2. The summed E-state index contributed by atoms with van der Waals surface area (Å²) < 4.78 is 18.8. The summed E-state index contributed by atoms with van der Waals surface area (Å²) in [6.07, 6.45) is 1.81. The Bertz CT molecular complexity index is 1010. The highest BCUT2D eigenvalue weighted by molar-refractivity contribution is 5.99. The van der Waals surface area contributed by atoms with Crippen LogP contribution >= 0.6 is 0 Å². The number of hydrogen-bond acceptors (Lipinski definition) is 5. The lowest BCUT2D eigenvalue weighted by Gasteiger charge is -2.11. The number of nitrogens with zero attached hydrogens (tertiary/aromatic N) is 2. The lowest BCUT2D eigenvalue weighted by molar-refractivity contribution is -0.115. The van der Waals surface area contributed by atoms with Crippen LogP contribution in [0, 0.1) is 5.82 Å². The van der Waals surface area contributed by atoms with Crippen LogP contribution in [-0.4, -0.2) is 23.0 Å². The molecule has 2 N–H and O–H groups in total.